The molecule has 11 heavy (non-hydrogen) atoms. The van der Waals surface area contributed by atoms with Gasteiger partial charge in [-0.2, -0.15) is 0 Å². The summed E-state index contributed by atoms with van der Waals surface area (Å²) < 4.78 is 8.48. The lowest BCUT2D eigenvalue weighted by Crippen LogP contribution is -2.02. The molecule has 62 valence electrons. The Bertz CT molecular complexity index is 162. The van der Waals surface area contributed by atoms with E-state index in [1.54, 1.807) is 0 Å². The smallest absolute Gasteiger partial charge is 0.469 e. The average molecular weight is 159 g/mol. The summed E-state index contributed by atoms with van der Waals surface area (Å²) in [5.74, 6) is -0.726. The first-order chi connectivity index (χ1) is 5.20. The van der Waals surface area contributed by atoms with E-state index in [0.29, 0.717) is 6.42 Å². The van der Waals surface area contributed by atoms with Gasteiger partial charge in [-0.3, -0.25) is 9.22 Å². The van der Waals surface area contributed by atoms with Gasteiger partial charge in [0.15, 0.2) is 6.79 Å². The second kappa shape index (κ2) is 5.58. The second-order valence-electron chi connectivity index (χ2n) is 1.95. The zero-order valence-corrected chi connectivity index (χ0v) is 6.46. The number of carbonyl (C=O) groups is 2. The van der Waals surface area contributed by atoms with Gasteiger partial charge in [-0.1, -0.05) is 0 Å². The Morgan fingerprint density at radius 3 is 2.55 bits per heavy atom. The first kappa shape index (κ1) is 9.81. The van der Waals surface area contributed by atoms with Crippen LogP contribution in [0.2, 0.25) is 0 Å². The maximum Gasteiger partial charge on any atom is 0.579 e. The molecule has 0 bridgehead atoms. The number of esters is 1. The molecule has 0 radical (unpaired) electrons. The van der Waals surface area contributed by atoms with E-state index in [0.717, 1.165) is 0 Å². The maximum absolute atomic E-state index is 10.5. The van der Waals surface area contributed by atoms with Crippen LogP contribution in [0.25, 0.3) is 0 Å². The lowest BCUT2D eigenvalue weighted by atomic mass is 10.2. The minimum Gasteiger partial charge on any atom is -0.469 e. The molecule has 0 fully saturated rings. The standard InChI is InChI=1S/C7H11O4/c1-10-6(8)4-3-5-7(9)11-2/h1,3-5H2,2H3/q+1. The molecule has 0 aromatic carbocycles. The molecule has 0 unspecified atom stereocenters. The van der Waals surface area contributed by atoms with Crippen LogP contribution in [0.4, 0.5) is 0 Å². The molecule has 0 amide bonds. The lowest BCUT2D eigenvalue weighted by Gasteiger charge is -1.93. The van der Waals surface area contributed by atoms with Crippen molar-refractivity contribution >= 4 is 18.7 Å². The van der Waals surface area contributed by atoms with Crippen molar-refractivity contribution in [3.8, 4) is 0 Å². The quantitative estimate of drug-likeness (QED) is 0.435. The van der Waals surface area contributed by atoms with Crippen molar-refractivity contribution in [3.05, 3.63) is 0 Å². The van der Waals surface area contributed by atoms with E-state index in [9.17, 15) is 9.59 Å². The molecule has 0 N–H and O–H groups in total. The van der Waals surface area contributed by atoms with Crippen LogP contribution in [-0.2, 0) is 18.8 Å². The van der Waals surface area contributed by atoms with E-state index in [2.05, 4.69) is 16.0 Å². The summed E-state index contributed by atoms with van der Waals surface area (Å²) in [7, 11) is 1.31. The molecule has 0 aliphatic carbocycles. The molecule has 4 nitrogen and oxygen atoms in total. The van der Waals surface area contributed by atoms with Gasteiger partial charge in [0.25, 0.3) is 0 Å². The third-order valence-corrected chi connectivity index (χ3v) is 1.15. The number of ether oxygens (including phenoxy) is 1. The van der Waals surface area contributed by atoms with Crippen LogP contribution >= 0.6 is 0 Å². The Balaban J connectivity index is 3.34. The topological polar surface area (TPSA) is 54.7 Å². The Hall–Kier alpha value is -1.19. The molecule has 0 aliphatic rings. The van der Waals surface area contributed by atoms with Crippen molar-refractivity contribution in [3.63, 3.8) is 0 Å². The fourth-order valence-corrected chi connectivity index (χ4v) is 0.551. The van der Waals surface area contributed by atoms with Gasteiger partial charge >= 0.3 is 11.9 Å². The van der Waals surface area contributed by atoms with Gasteiger partial charge in [0.1, 0.15) is 6.42 Å². The zero-order valence-electron chi connectivity index (χ0n) is 6.46. The van der Waals surface area contributed by atoms with Crippen LogP contribution in [0.15, 0.2) is 0 Å². The highest BCUT2D eigenvalue weighted by Crippen LogP contribution is 1.96. The van der Waals surface area contributed by atoms with Crippen LogP contribution < -0.4 is 0 Å². The van der Waals surface area contributed by atoms with Crippen molar-refractivity contribution < 1.29 is 18.8 Å². The third kappa shape index (κ3) is 5.26. The summed E-state index contributed by atoms with van der Waals surface area (Å²) in [6.45, 7) is 2.94. The Labute approximate surface area is 64.8 Å². The van der Waals surface area contributed by atoms with Gasteiger partial charge in [0, 0.05) is 11.2 Å². The minimum absolute atomic E-state index is 0.207. The molecule has 0 atom stereocenters. The number of carbonyl (C=O) groups excluding carboxylic acids is 3. The SMILES string of the molecule is C=[O+]C(=O)CCCC(=O)OC. The molecular weight excluding hydrogens is 148 g/mol. The molecule has 0 heterocycles. The number of rotatable bonds is 4. The highest BCUT2D eigenvalue weighted by atomic mass is 16.5. The molecule has 0 saturated carbocycles. The average Bonchev–Trinajstić information content (AvgIpc) is 2.04. The summed E-state index contributed by atoms with van der Waals surface area (Å²) in [6.07, 6.45) is 0.894. The normalized spacial score (nSPS) is 8.82. The lowest BCUT2D eigenvalue weighted by molar-refractivity contribution is -0.368. The van der Waals surface area contributed by atoms with Crippen molar-refractivity contribution in [2.24, 2.45) is 0 Å². The molecule has 0 rings (SSSR count). The fourth-order valence-electron chi connectivity index (χ4n) is 0.551. The Morgan fingerprint density at radius 2 is 2.09 bits per heavy atom. The molecular formula is C7H11O4+. The summed E-state index contributed by atoms with van der Waals surface area (Å²) in [6, 6.07) is 0. The Morgan fingerprint density at radius 1 is 1.45 bits per heavy atom. The predicted octanol–water partition coefficient (Wildman–Crippen LogP) is 0.221. The van der Waals surface area contributed by atoms with Crippen molar-refractivity contribution in [2.75, 3.05) is 7.11 Å². The zero-order chi connectivity index (χ0) is 8.69. The summed E-state index contributed by atoms with van der Waals surface area (Å²) in [5, 5.41) is 0. The monoisotopic (exact) mass is 159 g/mol. The predicted molar refractivity (Wildman–Crippen MR) is 38.0 cm³/mol. The van der Waals surface area contributed by atoms with E-state index in [1.807, 2.05) is 0 Å². The fraction of sp³-hybridized carbons (Fsp3) is 0.571. The first-order valence-electron chi connectivity index (χ1n) is 3.22. The van der Waals surface area contributed by atoms with E-state index in [1.165, 1.54) is 7.11 Å². The van der Waals surface area contributed by atoms with E-state index < -0.39 is 5.97 Å². The van der Waals surface area contributed by atoms with Crippen LogP contribution in [-0.4, -0.2) is 25.8 Å². The first-order valence-corrected chi connectivity index (χ1v) is 3.22. The largest absolute Gasteiger partial charge is 0.579 e. The highest BCUT2D eigenvalue weighted by Gasteiger charge is 2.12. The molecule has 0 aromatic heterocycles. The molecule has 0 saturated heterocycles. The minimum atomic E-state index is -0.408. The van der Waals surface area contributed by atoms with Crippen LogP contribution in [0, 0.1) is 0 Å². The molecule has 0 aliphatic heterocycles. The van der Waals surface area contributed by atoms with E-state index in [4.69, 9.17) is 0 Å². The van der Waals surface area contributed by atoms with Crippen molar-refractivity contribution in [1.82, 2.24) is 0 Å². The second-order valence-corrected chi connectivity index (χ2v) is 1.95. The summed E-state index contributed by atoms with van der Waals surface area (Å²) in [4.78, 5) is 20.9. The Kier molecular flexibility index (Phi) is 4.98. The molecule has 0 aromatic rings. The van der Waals surface area contributed by atoms with Crippen molar-refractivity contribution in [1.29, 1.82) is 0 Å². The van der Waals surface area contributed by atoms with Gasteiger partial charge < -0.3 is 4.74 Å². The third-order valence-electron chi connectivity index (χ3n) is 1.15. The van der Waals surface area contributed by atoms with Crippen molar-refractivity contribution in [2.45, 2.75) is 19.3 Å². The van der Waals surface area contributed by atoms with Gasteiger partial charge in [0.2, 0.25) is 0 Å². The molecule has 0 spiro atoms. The van der Waals surface area contributed by atoms with Gasteiger partial charge in [0.05, 0.1) is 7.11 Å². The summed E-state index contributed by atoms with van der Waals surface area (Å²) >= 11 is 0. The summed E-state index contributed by atoms with van der Waals surface area (Å²) in [5.41, 5.74) is 0. The van der Waals surface area contributed by atoms with E-state index >= 15 is 0 Å². The molecule has 4 heteroatoms. The van der Waals surface area contributed by atoms with Gasteiger partial charge in [-0.05, 0) is 6.42 Å². The van der Waals surface area contributed by atoms with Gasteiger partial charge in [-0.25, -0.2) is 0 Å². The number of methoxy groups -OCH3 is 1. The maximum atomic E-state index is 10.5. The number of hydrogen-bond acceptors (Lipinski definition) is 3. The number of hydrogen-bond donors (Lipinski definition) is 0. The van der Waals surface area contributed by atoms with Crippen LogP contribution in [0.5, 0.6) is 0 Å². The van der Waals surface area contributed by atoms with E-state index in [-0.39, 0.29) is 18.8 Å². The van der Waals surface area contributed by atoms with Gasteiger partial charge in [-0.15, -0.1) is 0 Å². The van der Waals surface area contributed by atoms with Crippen LogP contribution in [0.1, 0.15) is 19.3 Å². The van der Waals surface area contributed by atoms with Crippen LogP contribution in [0.3, 0.4) is 0 Å². The highest BCUT2D eigenvalue weighted by molar-refractivity contribution is 5.71.